The van der Waals surface area contributed by atoms with Gasteiger partial charge in [-0.05, 0) is 25.8 Å². The van der Waals surface area contributed by atoms with Gasteiger partial charge in [-0.3, -0.25) is 0 Å². The lowest BCUT2D eigenvalue weighted by molar-refractivity contribution is 0.578. The van der Waals surface area contributed by atoms with E-state index in [1.165, 1.54) is 5.56 Å². The van der Waals surface area contributed by atoms with Gasteiger partial charge in [-0.1, -0.05) is 61.9 Å². The molecule has 0 bridgehead atoms. The Morgan fingerprint density at radius 3 is 1.88 bits per heavy atom. The zero-order valence-corrected chi connectivity index (χ0v) is 11.3. The monoisotopic (exact) mass is 234 g/mol. The Morgan fingerprint density at radius 1 is 1.00 bits per heavy atom. The predicted molar refractivity (Wildman–Crippen MR) is 74.7 cm³/mol. The number of hydrogen-bond acceptors (Lipinski definition) is 0. The molecule has 0 spiro atoms. The molecule has 0 atom stereocenters. The maximum atomic E-state index is 12.4. The minimum atomic E-state index is 0.0486. The van der Waals surface area contributed by atoms with Gasteiger partial charge in [0.2, 0.25) is 0 Å². The molecule has 0 fully saturated rings. The molecule has 1 aromatic carbocycles. The van der Waals surface area contributed by atoms with Crippen LogP contribution in [0.2, 0.25) is 0 Å². The van der Waals surface area contributed by atoms with Crippen LogP contribution in [0.25, 0.3) is 0 Å². The van der Waals surface area contributed by atoms with Gasteiger partial charge in [0.25, 0.3) is 0 Å². The van der Waals surface area contributed by atoms with Gasteiger partial charge in [0, 0.05) is 6.42 Å². The van der Waals surface area contributed by atoms with E-state index in [1.54, 1.807) is 6.92 Å². The molecular formula is C16H23F. The van der Waals surface area contributed by atoms with E-state index in [4.69, 9.17) is 0 Å². The van der Waals surface area contributed by atoms with Crippen LogP contribution in [0.1, 0.15) is 39.2 Å². The van der Waals surface area contributed by atoms with Crippen molar-refractivity contribution >= 4 is 0 Å². The number of benzene rings is 1. The van der Waals surface area contributed by atoms with E-state index in [9.17, 15) is 4.39 Å². The number of rotatable bonds is 0. The Balaban J connectivity index is 0.000000265. The van der Waals surface area contributed by atoms with E-state index >= 15 is 0 Å². The lowest BCUT2D eigenvalue weighted by Gasteiger charge is -2.02. The van der Waals surface area contributed by atoms with E-state index < -0.39 is 0 Å². The summed E-state index contributed by atoms with van der Waals surface area (Å²) in [4.78, 5) is 0. The highest BCUT2D eigenvalue weighted by Gasteiger charge is 2.00. The average molecular weight is 234 g/mol. The predicted octanol–water partition coefficient (Wildman–Crippen LogP) is 5.60. The molecule has 17 heavy (non-hydrogen) atoms. The van der Waals surface area contributed by atoms with Crippen LogP contribution in [-0.4, -0.2) is 0 Å². The van der Waals surface area contributed by atoms with Crippen molar-refractivity contribution in [2.45, 2.75) is 40.5 Å². The normalized spacial score (nSPS) is 13.2. The summed E-state index contributed by atoms with van der Waals surface area (Å²) in [6.45, 7) is 7.88. The second-order valence-electron chi connectivity index (χ2n) is 3.68. The van der Waals surface area contributed by atoms with E-state index in [0.29, 0.717) is 6.42 Å². The Bertz CT molecular complexity index is 347. The molecule has 0 heterocycles. The van der Waals surface area contributed by atoms with Crippen molar-refractivity contribution in [2.75, 3.05) is 0 Å². The van der Waals surface area contributed by atoms with Gasteiger partial charge in [-0.15, -0.1) is 0 Å². The summed E-state index contributed by atoms with van der Waals surface area (Å²) < 4.78 is 12.4. The average Bonchev–Trinajstić information content (AvgIpc) is 2.37. The van der Waals surface area contributed by atoms with E-state index in [1.807, 2.05) is 44.2 Å². The molecule has 94 valence electrons. The molecule has 0 aliphatic heterocycles. The molecule has 0 unspecified atom stereocenters. The summed E-state index contributed by atoms with van der Waals surface area (Å²) >= 11 is 0. The second-order valence-corrected chi connectivity index (χ2v) is 3.68. The first-order valence-corrected chi connectivity index (χ1v) is 6.23. The fourth-order valence-corrected chi connectivity index (χ4v) is 1.29. The fourth-order valence-electron chi connectivity index (χ4n) is 1.29. The lowest BCUT2D eigenvalue weighted by Crippen LogP contribution is -1.84. The van der Waals surface area contributed by atoms with Crippen molar-refractivity contribution in [1.29, 1.82) is 0 Å². The Kier molecular flexibility index (Phi) is 9.04. The molecule has 0 amide bonds. The van der Waals surface area contributed by atoms with Crippen LogP contribution in [0.3, 0.4) is 0 Å². The summed E-state index contributed by atoms with van der Waals surface area (Å²) in [5, 5.41) is 0. The summed E-state index contributed by atoms with van der Waals surface area (Å²) in [6.07, 6.45) is 5.29. The van der Waals surface area contributed by atoms with E-state index in [-0.39, 0.29) is 5.83 Å². The van der Waals surface area contributed by atoms with E-state index in [0.717, 1.165) is 12.0 Å². The van der Waals surface area contributed by atoms with Crippen LogP contribution in [0.4, 0.5) is 4.39 Å². The SMILES string of the molecule is CC.CC1=C(F)CCC=C1.Cc1ccccc1. The van der Waals surface area contributed by atoms with Gasteiger partial charge in [0.15, 0.2) is 0 Å². The first-order valence-electron chi connectivity index (χ1n) is 6.23. The van der Waals surface area contributed by atoms with Crippen LogP contribution in [0.15, 0.2) is 53.9 Å². The highest BCUT2D eigenvalue weighted by atomic mass is 19.1. The summed E-state index contributed by atoms with van der Waals surface area (Å²) in [7, 11) is 0. The molecule has 0 nitrogen and oxygen atoms in total. The van der Waals surface area contributed by atoms with Crippen LogP contribution >= 0.6 is 0 Å². The molecular weight excluding hydrogens is 211 g/mol. The zero-order valence-electron chi connectivity index (χ0n) is 11.3. The number of aryl methyl sites for hydroxylation is 1. The van der Waals surface area contributed by atoms with Crippen LogP contribution in [0, 0.1) is 6.92 Å². The molecule has 0 saturated heterocycles. The van der Waals surface area contributed by atoms with Crippen molar-refractivity contribution in [2.24, 2.45) is 0 Å². The summed E-state index contributed by atoms with van der Waals surface area (Å²) in [5.74, 6) is 0.0486. The van der Waals surface area contributed by atoms with Crippen LogP contribution in [0.5, 0.6) is 0 Å². The molecule has 1 aliphatic rings. The topological polar surface area (TPSA) is 0 Å². The standard InChI is InChI=1S/C7H9F.C7H8.C2H6/c1-6-4-2-3-5-7(6)8;1-7-5-3-2-4-6-7;1-2/h2,4H,3,5H2,1H3;2-6H,1H3;1-2H3. The van der Waals surface area contributed by atoms with Crippen molar-refractivity contribution in [3.63, 3.8) is 0 Å². The third-order valence-corrected chi connectivity index (χ3v) is 2.27. The van der Waals surface area contributed by atoms with Gasteiger partial charge in [0.1, 0.15) is 5.83 Å². The highest BCUT2D eigenvalue weighted by Crippen LogP contribution is 2.18. The molecule has 1 heteroatoms. The minimum absolute atomic E-state index is 0.0486. The van der Waals surface area contributed by atoms with Gasteiger partial charge in [-0.25, -0.2) is 4.39 Å². The third-order valence-electron chi connectivity index (χ3n) is 2.27. The van der Waals surface area contributed by atoms with Crippen molar-refractivity contribution < 1.29 is 4.39 Å². The van der Waals surface area contributed by atoms with Crippen LogP contribution in [-0.2, 0) is 0 Å². The van der Waals surface area contributed by atoms with Crippen molar-refractivity contribution in [3.05, 3.63) is 59.4 Å². The molecule has 0 radical (unpaired) electrons. The van der Waals surface area contributed by atoms with Gasteiger partial charge >= 0.3 is 0 Å². The maximum absolute atomic E-state index is 12.4. The third kappa shape index (κ3) is 7.51. The van der Waals surface area contributed by atoms with Gasteiger partial charge in [0.05, 0.1) is 0 Å². The maximum Gasteiger partial charge on any atom is 0.103 e. The summed E-state index contributed by atoms with van der Waals surface area (Å²) in [5.41, 5.74) is 2.11. The molecule has 0 N–H and O–H groups in total. The molecule has 0 saturated carbocycles. The molecule has 2 rings (SSSR count). The number of allylic oxidation sites excluding steroid dienone is 4. The molecule has 0 aromatic heterocycles. The van der Waals surface area contributed by atoms with Crippen molar-refractivity contribution in [1.82, 2.24) is 0 Å². The Labute approximate surface area is 105 Å². The quantitative estimate of drug-likeness (QED) is 0.548. The first kappa shape index (κ1) is 15.6. The largest absolute Gasteiger partial charge is 0.212 e. The Morgan fingerprint density at radius 2 is 1.59 bits per heavy atom. The smallest absolute Gasteiger partial charge is 0.103 e. The summed E-state index contributed by atoms with van der Waals surface area (Å²) in [6, 6.07) is 10.3. The number of hydrogen-bond donors (Lipinski definition) is 0. The highest BCUT2D eigenvalue weighted by molar-refractivity contribution is 5.23. The Hall–Kier alpha value is -1.37. The minimum Gasteiger partial charge on any atom is -0.212 e. The number of halogens is 1. The van der Waals surface area contributed by atoms with Crippen LogP contribution < -0.4 is 0 Å². The molecule has 1 aliphatic carbocycles. The molecule has 1 aromatic rings. The van der Waals surface area contributed by atoms with Crippen molar-refractivity contribution in [3.8, 4) is 0 Å². The second kappa shape index (κ2) is 9.83. The zero-order chi connectivity index (χ0) is 13.1. The lowest BCUT2D eigenvalue weighted by atomic mass is 10.1. The van der Waals surface area contributed by atoms with E-state index in [2.05, 4.69) is 19.1 Å². The van der Waals surface area contributed by atoms with Gasteiger partial charge in [-0.2, -0.15) is 0 Å². The van der Waals surface area contributed by atoms with Gasteiger partial charge < -0.3 is 0 Å². The fraction of sp³-hybridized carbons (Fsp3) is 0.375. The first-order chi connectivity index (χ1) is 8.20.